The molecule has 3 heteroatoms. The van der Waals surface area contributed by atoms with Gasteiger partial charge in [0.25, 0.3) is 0 Å². The molecule has 0 bridgehead atoms. The van der Waals surface area contributed by atoms with Crippen LogP contribution in [0.4, 0.5) is 15.8 Å². The Hall–Kier alpha value is -3.59. The number of fused-ring (bicyclic) bond motifs is 3. The summed E-state index contributed by atoms with van der Waals surface area (Å²) in [6.45, 7) is 0. The smallest absolute Gasteiger partial charge is 0.123 e. The van der Waals surface area contributed by atoms with E-state index in [0.29, 0.717) is 11.4 Å². The Bertz CT molecular complexity index is 1130. The maximum Gasteiger partial charge on any atom is 0.123 e. The standard InChI is InChI=1S/C25H19FN2/c26-18-9-14-22-21-3-1-2-4-23(21)25(24(22)15-18,16-5-10-19(27)11-6-16)17-7-12-20(28)13-8-17/h1-15H,27-28H2. The Labute approximate surface area is 163 Å². The minimum absolute atomic E-state index is 0.248. The molecule has 0 spiro atoms. The zero-order valence-electron chi connectivity index (χ0n) is 15.2. The summed E-state index contributed by atoms with van der Waals surface area (Å²) < 4.78 is 14.4. The summed E-state index contributed by atoms with van der Waals surface area (Å²) in [6, 6.07) is 29.0. The molecule has 0 saturated carbocycles. The predicted molar refractivity (Wildman–Crippen MR) is 113 cm³/mol. The van der Waals surface area contributed by atoms with Gasteiger partial charge in [0.15, 0.2) is 0 Å². The molecule has 0 radical (unpaired) electrons. The van der Waals surface area contributed by atoms with E-state index in [-0.39, 0.29) is 5.82 Å². The van der Waals surface area contributed by atoms with Crippen LogP contribution >= 0.6 is 0 Å². The van der Waals surface area contributed by atoms with Crippen LogP contribution in [0.1, 0.15) is 22.3 Å². The zero-order valence-corrected chi connectivity index (χ0v) is 15.2. The molecule has 1 aliphatic rings. The Kier molecular flexibility index (Phi) is 3.53. The average molecular weight is 366 g/mol. The van der Waals surface area contributed by atoms with E-state index in [1.54, 1.807) is 6.07 Å². The van der Waals surface area contributed by atoms with E-state index in [0.717, 1.165) is 33.4 Å². The third kappa shape index (κ3) is 2.20. The molecule has 4 aromatic rings. The lowest BCUT2D eigenvalue weighted by Gasteiger charge is -2.34. The fourth-order valence-electron chi connectivity index (χ4n) is 4.51. The molecular weight excluding hydrogens is 347 g/mol. The Morgan fingerprint density at radius 2 is 1.11 bits per heavy atom. The van der Waals surface area contributed by atoms with Crippen LogP contribution in [0.3, 0.4) is 0 Å². The van der Waals surface area contributed by atoms with Crippen molar-refractivity contribution in [3.05, 3.63) is 119 Å². The third-order valence-electron chi connectivity index (χ3n) is 5.69. The summed E-state index contributed by atoms with van der Waals surface area (Å²) in [5, 5.41) is 0. The highest BCUT2D eigenvalue weighted by Crippen LogP contribution is 2.56. The first-order valence-electron chi connectivity index (χ1n) is 9.22. The highest BCUT2D eigenvalue weighted by molar-refractivity contribution is 5.86. The van der Waals surface area contributed by atoms with E-state index in [4.69, 9.17) is 11.5 Å². The van der Waals surface area contributed by atoms with Gasteiger partial charge in [-0.15, -0.1) is 0 Å². The first-order chi connectivity index (χ1) is 13.6. The minimum Gasteiger partial charge on any atom is -0.399 e. The lowest BCUT2D eigenvalue weighted by Crippen LogP contribution is -2.28. The van der Waals surface area contributed by atoms with Crippen molar-refractivity contribution in [2.24, 2.45) is 0 Å². The second-order valence-electron chi connectivity index (χ2n) is 7.23. The molecule has 0 fully saturated rings. The third-order valence-corrected chi connectivity index (χ3v) is 5.69. The van der Waals surface area contributed by atoms with Gasteiger partial charge < -0.3 is 11.5 Å². The van der Waals surface area contributed by atoms with E-state index in [1.165, 1.54) is 6.07 Å². The molecule has 136 valence electrons. The topological polar surface area (TPSA) is 52.0 Å². The number of halogens is 1. The Balaban J connectivity index is 1.96. The first-order valence-corrected chi connectivity index (χ1v) is 9.22. The molecule has 0 aliphatic heterocycles. The van der Waals surface area contributed by atoms with E-state index >= 15 is 0 Å². The van der Waals surface area contributed by atoms with Crippen molar-refractivity contribution in [3.8, 4) is 11.1 Å². The Morgan fingerprint density at radius 1 is 0.571 bits per heavy atom. The van der Waals surface area contributed by atoms with Crippen LogP contribution in [0.15, 0.2) is 91.0 Å². The molecule has 5 rings (SSSR count). The van der Waals surface area contributed by atoms with Crippen molar-refractivity contribution in [3.63, 3.8) is 0 Å². The van der Waals surface area contributed by atoms with Crippen molar-refractivity contribution in [2.75, 3.05) is 11.5 Å². The van der Waals surface area contributed by atoms with E-state index in [9.17, 15) is 4.39 Å². The van der Waals surface area contributed by atoms with Gasteiger partial charge >= 0.3 is 0 Å². The number of benzene rings is 4. The predicted octanol–water partition coefficient (Wildman–Crippen LogP) is 5.35. The number of rotatable bonds is 2. The summed E-state index contributed by atoms with van der Waals surface area (Å²) in [6.07, 6.45) is 0. The number of hydrogen-bond donors (Lipinski definition) is 2. The van der Waals surface area contributed by atoms with Gasteiger partial charge in [-0.25, -0.2) is 4.39 Å². The number of nitrogen functional groups attached to an aromatic ring is 2. The molecule has 28 heavy (non-hydrogen) atoms. The largest absolute Gasteiger partial charge is 0.399 e. The van der Waals surface area contributed by atoms with Crippen molar-refractivity contribution in [1.82, 2.24) is 0 Å². The van der Waals surface area contributed by atoms with Crippen LogP contribution in [-0.4, -0.2) is 0 Å². The van der Waals surface area contributed by atoms with Gasteiger partial charge in [0.2, 0.25) is 0 Å². The quantitative estimate of drug-likeness (QED) is 0.414. The molecule has 1 aliphatic carbocycles. The molecule has 0 amide bonds. The molecule has 2 nitrogen and oxygen atoms in total. The molecule has 0 heterocycles. The summed E-state index contributed by atoms with van der Waals surface area (Å²) >= 11 is 0. The van der Waals surface area contributed by atoms with Crippen molar-refractivity contribution in [1.29, 1.82) is 0 Å². The second kappa shape index (κ2) is 5.96. The van der Waals surface area contributed by atoms with Crippen LogP contribution < -0.4 is 11.5 Å². The molecule has 0 aromatic heterocycles. The van der Waals surface area contributed by atoms with Crippen LogP contribution in [0.25, 0.3) is 11.1 Å². The second-order valence-corrected chi connectivity index (χ2v) is 7.23. The van der Waals surface area contributed by atoms with Gasteiger partial charge in [-0.05, 0) is 69.8 Å². The monoisotopic (exact) mass is 366 g/mol. The van der Waals surface area contributed by atoms with Crippen LogP contribution in [0, 0.1) is 5.82 Å². The summed E-state index contributed by atoms with van der Waals surface area (Å²) in [7, 11) is 0. The van der Waals surface area contributed by atoms with E-state index in [1.807, 2.05) is 66.7 Å². The van der Waals surface area contributed by atoms with Gasteiger partial charge in [0.05, 0.1) is 5.41 Å². The lowest BCUT2D eigenvalue weighted by molar-refractivity contribution is 0.621. The molecule has 4 N–H and O–H groups in total. The molecule has 0 saturated heterocycles. The number of hydrogen-bond acceptors (Lipinski definition) is 2. The van der Waals surface area contributed by atoms with Crippen molar-refractivity contribution in [2.45, 2.75) is 5.41 Å². The highest BCUT2D eigenvalue weighted by Gasteiger charge is 2.46. The average Bonchev–Trinajstić information content (AvgIpc) is 3.00. The molecular formula is C25H19FN2. The van der Waals surface area contributed by atoms with Crippen LogP contribution in [0.5, 0.6) is 0 Å². The van der Waals surface area contributed by atoms with E-state index < -0.39 is 5.41 Å². The van der Waals surface area contributed by atoms with Crippen molar-refractivity contribution >= 4 is 11.4 Å². The summed E-state index contributed by atoms with van der Waals surface area (Å²) in [4.78, 5) is 0. The molecule has 0 atom stereocenters. The van der Waals surface area contributed by atoms with Gasteiger partial charge in [0.1, 0.15) is 5.82 Å². The van der Waals surface area contributed by atoms with Crippen LogP contribution in [0.2, 0.25) is 0 Å². The first kappa shape index (κ1) is 16.6. The zero-order chi connectivity index (χ0) is 19.3. The SMILES string of the molecule is Nc1ccc(C2(c3ccc(N)cc3)c3ccccc3-c3ccc(F)cc32)cc1. The fourth-order valence-corrected chi connectivity index (χ4v) is 4.51. The van der Waals surface area contributed by atoms with Crippen LogP contribution in [-0.2, 0) is 5.41 Å². The normalized spacial score (nSPS) is 13.8. The minimum atomic E-state index is -0.630. The van der Waals surface area contributed by atoms with Gasteiger partial charge in [0, 0.05) is 11.4 Å². The maximum atomic E-state index is 14.4. The highest BCUT2D eigenvalue weighted by atomic mass is 19.1. The Morgan fingerprint density at radius 3 is 1.71 bits per heavy atom. The fraction of sp³-hybridized carbons (Fsp3) is 0.0400. The van der Waals surface area contributed by atoms with Gasteiger partial charge in [-0.2, -0.15) is 0 Å². The number of nitrogens with two attached hydrogens (primary N) is 2. The van der Waals surface area contributed by atoms with Crippen molar-refractivity contribution < 1.29 is 4.39 Å². The summed E-state index contributed by atoms with van der Waals surface area (Å²) in [5.41, 5.74) is 19.0. The maximum absolute atomic E-state index is 14.4. The molecule has 0 unspecified atom stereocenters. The molecule has 4 aromatic carbocycles. The van der Waals surface area contributed by atoms with Gasteiger partial charge in [-0.3, -0.25) is 0 Å². The summed E-state index contributed by atoms with van der Waals surface area (Å²) in [5.74, 6) is -0.248. The number of anilines is 2. The lowest BCUT2D eigenvalue weighted by atomic mass is 9.67. The van der Waals surface area contributed by atoms with E-state index in [2.05, 4.69) is 12.1 Å². The van der Waals surface area contributed by atoms with Gasteiger partial charge in [-0.1, -0.05) is 54.6 Å².